The Balaban J connectivity index is 2.14. The molecular formula is C46H79N11O13. The third kappa shape index (κ3) is 19.5. The highest BCUT2D eigenvalue weighted by Gasteiger charge is 2.41. The molecule has 2 rings (SSSR count). The number of unbranched alkanes of at least 4 members (excludes halogenated alkanes) is 1. The molecule has 396 valence electrons. The van der Waals surface area contributed by atoms with E-state index in [1.165, 1.54) is 25.7 Å². The summed E-state index contributed by atoms with van der Waals surface area (Å²) < 4.78 is 0. The number of aliphatic carboxylic acids is 2. The van der Waals surface area contributed by atoms with E-state index in [1.807, 2.05) is 13.8 Å². The summed E-state index contributed by atoms with van der Waals surface area (Å²) in [7, 11) is 0. The Labute approximate surface area is 410 Å². The van der Waals surface area contributed by atoms with Gasteiger partial charge >= 0.3 is 11.9 Å². The van der Waals surface area contributed by atoms with Crippen molar-refractivity contribution in [1.29, 1.82) is 0 Å². The normalized spacial score (nSPS) is 19.1. The second-order valence-corrected chi connectivity index (χ2v) is 19.4. The first kappa shape index (κ1) is 60.2. The number of hydrogen-bond acceptors (Lipinski definition) is 13. The van der Waals surface area contributed by atoms with E-state index in [4.69, 9.17) is 5.73 Å². The molecule has 0 spiro atoms. The van der Waals surface area contributed by atoms with Crippen molar-refractivity contribution in [2.75, 3.05) is 19.6 Å². The van der Waals surface area contributed by atoms with E-state index in [0.717, 1.165) is 6.42 Å². The van der Waals surface area contributed by atoms with Crippen LogP contribution in [-0.2, 0) is 52.7 Å². The second-order valence-electron chi connectivity index (χ2n) is 19.4. The summed E-state index contributed by atoms with van der Waals surface area (Å²) in [5.41, 5.74) is 5.52. The van der Waals surface area contributed by atoms with E-state index >= 15 is 0 Å². The van der Waals surface area contributed by atoms with Gasteiger partial charge in [0, 0.05) is 13.0 Å². The highest BCUT2D eigenvalue weighted by atomic mass is 16.4. The molecule has 2 aliphatic rings. The topological polar surface area (TPSA) is 366 Å². The van der Waals surface area contributed by atoms with Gasteiger partial charge < -0.3 is 68.7 Å². The van der Waals surface area contributed by atoms with E-state index in [2.05, 4.69) is 47.9 Å². The largest absolute Gasteiger partial charge is 0.481 e. The van der Waals surface area contributed by atoms with Crippen LogP contribution in [0.4, 0.5) is 0 Å². The van der Waals surface area contributed by atoms with Crippen LogP contribution in [0.1, 0.15) is 127 Å². The number of amides is 9. The van der Waals surface area contributed by atoms with E-state index in [0.29, 0.717) is 38.8 Å². The van der Waals surface area contributed by atoms with Crippen molar-refractivity contribution in [3.8, 4) is 0 Å². The molecule has 2 aliphatic heterocycles. The monoisotopic (exact) mass is 994 g/mol. The van der Waals surface area contributed by atoms with Gasteiger partial charge in [0.25, 0.3) is 0 Å². The lowest BCUT2D eigenvalue weighted by Gasteiger charge is -2.31. The van der Waals surface area contributed by atoms with Crippen LogP contribution in [-0.4, -0.2) is 160 Å². The van der Waals surface area contributed by atoms with Crippen LogP contribution in [0, 0.1) is 17.8 Å². The minimum atomic E-state index is -1.42. The Bertz CT molecular complexity index is 1860. The molecule has 9 amide bonds. The lowest BCUT2D eigenvalue weighted by Crippen LogP contribution is -2.60. The fraction of sp³-hybridized carbons (Fsp3) is 0.761. The molecule has 0 saturated carbocycles. The van der Waals surface area contributed by atoms with Crippen LogP contribution in [0.25, 0.3) is 0 Å². The zero-order chi connectivity index (χ0) is 53.0. The van der Waals surface area contributed by atoms with Crippen molar-refractivity contribution in [2.45, 2.75) is 187 Å². The molecule has 24 heteroatoms. The summed E-state index contributed by atoms with van der Waals surface area (Å²) in [4.78, 5) is 145. The zero-order valence-corrected chi connectivity index (χ0v) is 42.1. The van der Waals surface area contributed by atoms with Crippen molar-refractivity contribution in [1.82, 2.24) is 52.8 Å². The Morgan fingerprint density at radius 2 is 1.10 bits per heavy atom. The van der Waals surface area contributed by atoms with Crippen molar-refractivity contribution in [2.24, 2.45) is 23.5 Å². The van der Waals surface area contributed by atoms with Crippen LogP contribution in [0.15, 0.2) is 0 Å². The van der Waals surface area contributed by atoms with E-state index < -0.39 is 138 Å². The molecule has 13 N–H and O–H groups in total. The van der Waals surface area contributed by atoms with Crippen LogP contribution in [0.2, 0.25) is 0 Å². The third-order valence-electron chi connectivity index (χ3n) is 12.1. The average Bonchev–Trinajstić information content (AvgIpc) is 4.01. The first-order chi connectivity index (χ1) is 32.8. The van der Waals surface area contributed by atoms with E-state index in [1.54, 1.807) is 27.7 Å². The molecule has 10 atom stereocenters. The molecule has 0 radical (unpaired) electrons. The highest BCUT2D eigenvalue weighted by Crippen LogP contribution is 2.21. The van der Waals surface area contributed by atoms with E-state index in [9.17, 15) is 63.0 Å². The SMILES string of the molecule is CC(C)C[C@H](NC(=O)[C@H](C)NC(=O)[C@@H](NC(=O)[C@@H]1CCCN1C(=O)[C@H](CCC(=O)O)NC(=O)[C@H](C)NC(=O)[C@H](C)NC(=O)[C@@H]1CCCN1)C(C)C)C(=O)N[C@H](C(=O)N[C@@H](CCCCN)C(=O)O)C(C)C. The Hall–Kier alpha value is -5.91. The van der Waals surface area contributed by atoms with Gasteiger partial charge in [0.15, 0.2) is 0 Å². The Morgan fingerprint density at radius 1 is 0.571 bits per heavy atom. The fourth-order valence-corrected chi connectivity index (χ4v) is 7.97. The van der Waals surface area contributed by atoms with E-state index in [-0.39, 0.29) is 44.1 Å². The molecule has 0 bridgehead atoms. The van der Waals surface area contributed by atoms with Gasteiger partial charge in [0.2, 0.25) is 53.2 Å². The molecule has 0 aliphatic carbocycles. The summed E-state index contributed by atoms with van der Waals surface area (Å²) in [5, 5.41) is 42.8. The number of carbonyl (C=O) groups excluding carboxylic acids is 9. The Morgan fingerprint density at radius 3 is 1.63 bits per heavy atom. The number of rotatable bonds is 29. The first-order valence-corrected chi connectivity index (χ1v) is 24.4. The predicted molar refractivity (Wildman–Crippen MR) is 255 cm³/mol. The number of nitrogens with zero attached hydrogens (tertiary/aromatic N) is 1. The first-order valence-electron chi connectivity index (χ1n) is 24.4. The number of carboxylic acids is 2. The average molecular weight is 994 g/mol. The molecule has 0 aromatic heterocycles. The van der Waals surface area contributed by atoms with Gasteiger partial charge in [0.1, 0.15) is 54.4 Å². The smallest absolute Gasteiger partial charge is 0.326 e. The standard InChI is InChI=1S/C46H79N11O13/c1-23(2)22-32(41(64)55-36(25(5)6)44(67)53-31(46(69)70)14-10-11-19-47)54-39(62)28(9)51-43(66)35(24(3)4)56-42(65)33-16-13-21-57(33)45(68)30(17-18-34(58)59)52-38(61)27(8)49-37(60)26(7)50-40(63)29-15-12-20-48-29/h23-33,35-36,48H,10-22,47H2,1-9H3,(H,49,60)(H,50,63)(H,51,66)(H,52,61)(H,53,67)(H,54,62)(H,55,64)(H,56,65)(H,58,59)(H,69,70)/t26-,27-,28-,29-,30-,31-,32-,33-,35-,36-/m0/s1. The molecule has 2 heterocycles. The number of nitrogens with one attached hydrogen (secondary N) is 9. The van der Waals surface area contributed by atoms with Gasteiger partial charge in [-0.15, -0.1) is 0 Å². The number of likely N-dealkylation sites (tertiary alicyclic amines) is 1. The molecule has 2 fully saturated rings. The number of hydrogen-bond donors (Lipinski definition) is 12. The lowest BCUT2D eigenvalue weighted by atomic mass is 9.99. The maximum atomic E-state index is 14.0. The summed E-state index contributed by atoms with van der Waals surface area (Å²) in [6.45, 7) is 15.5. The fourth-order valence-electron chi connectivity index (χ4n) is 7.97. The third-order valence-corrected chi connectivity index (χ3v) is 12.1. The lowest BCUT2D eigenvalue weighted by molar-refractivity contribution is -0.143. The summed E-state index contributed by atoms with van der Waals surface area (Å²) in [6.07, 6.45) is 2.38. The number of carboxylic acid groups (broad SMARTS) is 2. The molecule has 70 heavy (non-hydrogen) atoms. The quantitative estimate of drug-likeness (QED) is 0.0365. The van der Waals surface area contributed by atoms with Crippen LogP contribution >= 0.6 is 0 Å². The van der Waals surface area contributed by atoms with Crippen LogP contribution in [0.3, 0.4) is 0 Å². The summed E-state index contributed by atoms with van der Waals surface area (Å²) in [6, 6.07) is -11.2. The van der Waals surface area contributed by atoms with Crippen molar-refractivity contribution >= 4 is 65.1 Å². The predicted octanol–water partition coefficient (Wildman–Crippen LogP) is -1.90. The van der Waals surface area contributed by atoms with Crippen molar-refractivity contribution in [3.05, 3.63) is 0 Å². The molecule has 24 nitrogen and oxygen atoms in total. The van der Waals surface area contributed by atoms with Crippen LogP contribution in [0.5, 0.6) is 0 Å². The molecule has 0 aromatic carbocycles. The minimum absolute atomic E-state index is 0.0667. The number of carbonyl (C=O) groups is 11. The maximum absolute atomic E-state index is 14.0. The minimum Gasteiger partial charge on any atom is -0.481 e. The zero-order valence-electron chi connectivity index (χ0n) is 42.1. The van der Waals surface area contributed by atoms with Gasteiger partial charge in [-0.1, -0.05) is 41.5 Å². The molecular weight excluding hydrogens is 915 g/mol. The van der Waals surface area contributed by atoms with Gasteiger partial charge in [0.05, 0.1) is 6.04 Å². The van der Waals surface area contributed by atoms with Gasteiger partial charge in [-0.3, -0.25) is 47.9 Å². The van der Waals surface area contributed by atoms with Crippen molar-refractivity contribution in [3.63, 3.8) is 0 Å². The maximum Gasteiger partial charge on any atom is 0.326 e. The van der Waals surface area contributed by atoms with Crippen molar-refractivity contribution < 1.29 is 63.0 Å². The number of nitrogens with two attached hydrogens (primary N) is 1. The second kappa shape index (κ2) is 29.3. The molecule has 0 unspecified atom stereocenters. The molecule has 0 aromatic rings. The van der Waals surface area contributed by atoms with Gasteiger partial charge in [-0.2, -0.15) is 0 Å². The van der Waals surface area contributed by atoms with Gasteiger partial charge in [-0.25, -0.2) is 4.79 Å². The summed E-state index contributed by atoms with van der Waals surface area (Å²) in [5.74, 6) is -9.87. The summed E-state index contributed by atoms with van der Waals surface area (Å²) >= 11 is 0. The van der Waals surface area contributed by atoms with Gasteiger partial charge in [-0.05, 0) is 109 Å². The molecule has 2 saturated heterocycles. The Kier molecular flexibility index (Phi) is 25.2. The van der Waals surface area contributed by atoms with Crippen LogP contribution < -0.4 is 53.6 Å². The highest BCUT2D eigenvalue weighted by molar-refractivity contribution is 5.98.